The zero-order chi connectivity index (χ0) is 57.5. The van der Waals surface area contributed by atoms with Gasteiger partial charge in [-0.3, -0.25) is 29.4 Å². The molecule has 438 valence electrons. The van der Waals surface area contributed by atoms with Crippen LogP contribution >= 0.6 is 0 Å². The molecule has 0 radical (unpaired) electrons. The minimum Gasteiger partial charge on any atom is -0.351 e. The number of primary amides is 2. The van der Waals surface area contributed by atoms with Crippen LogP contribution in [0.5, 0.6) is 0 Å². The van der Waals surface area contributed by atoms with Gasteiger partial charge < -0.3 is 22.1 Å². The number of nitrogens with zero attached hydrogens (tertiary/aromatic N) is 6. The summed E-state index contributed by atoms with van der Waals surface area (Å²) in [5.74, 6) is -2.88. The number of carbonyl (C=O) groups is 4. The molecule has 2 spiro atoms. The summed E-state index contributed by atoms with van der Waals surface area (Å²) in [7, 11) is -4.28. The molecular formula is C53H74F6N10O8S2. The largest absolute Gasteiger partial charge is 0.391 e. The van der Waals surface area contributed by atoms with Gasteiger partial charge in [-0.25, -0.2) is 30.7 Å². The predicted molar refractivity (Wildman–Crippen MR) is 291 cm³/mol. The van der Waals surface area contributed by atoms with Crippen LogP contribution in [0, 0.1) is 51.4 Å². The Morgan fingerprint density at radius 3 is 1.35 bits per heavy atom. The van der Waals surface area contributed by atoms with Crippen molar-refractivity contribution in [3.05, 3.63) is 63.1 Å². The van der Waals surface area contributed by atoms with E-state index in [0.717, 1.165) is 33.2 Å². The number of urea groups is 2. The van der Waals surface area contributed by atoms with Gasteiger partial charge in [-0.1, -0.05) is 7.43 Å². The number of alkyl halides is 6. The van der Waals surface area contributed by atoms with Gasteiger partial charge in [0.1, 0.15) is 22.7 Å². The molecule has 0 atom stereocenters. The first-order valence-corrected chi connectivity index (χ1v) is 29.3. The van der Waals surface area contributed by atoms with E-state index in [-0.39, 0.29) is 114 Å². The summed E-state index contributed by atoms with van der Waals surface area (Å²) < 4.78 is 133. The fourth-order valence-corrected chi connectivity index (χ4v) is 14.2. The second kappa shape index (κ2) is 23.9. The van der Waals surface area contributed by atoms with Gasteiger partial charge in [0.25, 0.3) is 11.8 Å². The Morgan fingerprint density at radius 1 is 0.646 bits per heavy atom. The van der Waals surface area contributed by atoms with E-state index >= 15 is 0 Å². The molecule has 4 heterocycles. The van der Waals surface area contributed by atoms with Crippen LogP contribution in [0.25, 0.3) is 6.08 Å². The molecule has 4 aliphatic heterocycles. The minimum absolute atomic E-state index is 0. The van der Waals surface area contributed by atoms with Crippen LogP contribution in [-0.4, -0.2) is 130 Å². The monoisotopic (exact) mass is 1160 g/mol. The number of aliphatic imine (C=N–C) groups is 2. The summed E-state index contributed by atoms with van der Waals surface area (Å²) in [6.45, 7) is 7.83. The first kappa shape index (κ1) is 62.6. The Hall–Kier alpha value is -5.60. The Labute approximate surface area is 459 Å². The molecule has 2 saturated heterocycles. The van der Waals surface area contributed by atoms with E-state index < -0.39 is 67.4 Å². The van der Waals surface area contributed by atoms with Crippen molar-refractivity contribution in [3.8, 4) is 0 Å². The van der Waals surface area contributed by atoms with Gasteiger partial charge in [0.05, 0.1) is 17.6 Å². The maximum absolute atomic E-state index is 13.2. The zero-order valence-corrected chi connectivity index (χ0v) is 46.3. The van der Waals surface area contributed by atoms with Crippen molar-refractivity contribution in [1.29, 1.82) is 0 Å². The summed E-state index contributed by atoms with van der Waals surface area (Å²) in [5.41, 5.74) is 14.6. The summed E-state index contributed by atoms with van der Waals surface area (Å²) in [4.78, 5) is 60.6. The molecule has 4 fully saturated rings. The highest BCUT2D eigenvalue weighted by Crippen LogP contribution is 2.43. The number of sulfonamides is 2. The molecule has 79 heavy (non-hydrogen) atoms. The van der Waals surface area contributed by atoms with Crippen LogP contribution in [-0.2, 0) is 36.1 Å². The number of nitrogens with one attached hydrogen (secondary N) is 2. The quantitative estimate of drug-likeness (QED) is 0.161. The van der Waals surface area contributed by atoms with Gasteiger partial charge in [-0.05, 0) is 175 Å². The lowest BCUT2D eigenvalue weighted by Gasteiger charge is -2.35. The molecule has 6 amide bonds. The van der Waals surface area contributed by atoms with Gasteiger partial charge >= 0.3 is 24.4 Å². The lowest BCUT2D eigenvalue weighted by atomic mass is 9.81. The number of hydrogen-bond donors (Lipinski definition) is 4. The number of anilines is 2. The van der Waals surface area contributed by atoms with Gasteiger partial charge in [0, 0.05) is 68.9 Å². The Balaban J connectivity index is 0.000000252. The molecular weight excluding hydrogens is 1080 g/mol. The number of amides is 6. The molecule has 8 rings (SSSR count). The second-order valence-corrected chi connectivity index (χ2v) is 25.6. The number of nitrogens with two attached hydrogens (primary N) is 2. The van der Waals surface area contributed by atoms with E-state index in [1.165, 1.54) is 24.5 Å². The molecule has 26 heteroatoms. The van der Waals surface area contributed by atoms with Crippen LogP contribution in [0.2, 0.25) is 0 Å². The Morgan fingerprint density at radius 2 is 1.00 bits per heavy atom. The molecule has 6 N–H and O–H groups in total. The number of carbonyl (C=O) groups excluding carboxylic acids is 4. The Bertz CT molecular complexity index is 2930. The van der Waals surface area contributed by atoms with E-state index in [1.54, 1.807) is 38.4 Å². The minimum atomic E-state index is -4.21. The molecule has 2 saturated carbocycles. The number of benzene rings is 2. The molecule has 18 nitrogen and oxygen atoms in total. The maximum Gasteiger partial charge on any atom is 0.391 e. The number of rotatable bonds is 11. The lowest BCUT2D eigenvalue weighted by Crippen LogP contribution is -2.51. The van der Waals surface area contributed by atoms with Crippen LogP contribution < -0.4 is 31.9 Å². The van der Waals surface area contributed by atoms with Crippen molar-refractivity contribution < 1.29 is 62.4 Å². The summed E-state index contributed by atoms with van der Waals surface area (Å²) in [5, 5.41) is 6.72. The van der Waals surface area contributed by atoms with Crippen LogP contribution in [0.15, 0.2) is 39.7 Å². The summed E-state index contributed by atoms with van der Waals surface area (Å²) in [6, 6.07) is 5.90. The van der Waals surface area contributed by atoms with Crippen molar-refractivity contribution in [3.63, 3.8) is 0 Å². The van der Waals surface area contributed by atoms with Crippen molar-refractivity contribution in [2.75, 3.05) is 55.8 Å². The van der Waals surface area contributed by atoms with Crippen molar-refractivity contribution in [1.82, 2.24) is 19.2 Å². The fourth-order valence-electron chi connectivity index (χ4n) is 11.6. The Kier molecular flexibility index (Phi) is 18.9. The lowest BCUT2D eigenvalue weighted by molar-refractivity contribution is -0.183. The number of halogens is 6. The maximum atomic E-state index is 13.2. The van der Waals surface area contributed by atoms with Gasteiger partial charge in [-0.2, -0.15) is 30.6 Å². The van der Waals surface area contributed by atoms with E-state index in [1.807, 2.05) is 27.7 Å². The van der Waals surface area contributed by atoms with Crippen LogP contribution in [0.4, 0.5) is 47.3 Å². The standard InChI is InChI=1S/C26H36F3N5O4S.C26H34F3N5O4S.CH4/c2*1-16-14-20(33(3)24(30)36)15-17(2)21(16)8-13-39(37,38)34-11-9-25(10-12-34)23(35)31-22(32-25)18-4-6-19(7-5-18)26(27,28)29;/h14-15,18-19H,4-13H2,1-3H3,(H2,30,36)(H,31,32,35);8,13-15,18-19H,4-7,9-12H2,1-3H3,(H2,30,36)(H,31,32,35);1H4/b;13-8+;. The first-order chi connectivity index (χ1) is 36.3. The van der Waals surface area contributed by atoms with Crippen LogP contribution in [0.3, 0.4) is 0 Å². The number of aryl methyl sites for hydroxylation is 4. The highest BCUT2D eigenvalue weighted by Gasteiger charge is 2.51. The molecule has 2 aromatic rings. The molecule has 0 aromatic heterocycles. The topological polar surface area (TPSA) is 250 Å². The van der Waals surface area contributed by atoms with E-state index in [9.17, 15) is 62.4 Å². The van der Waals surface area contributed by atoms with Crippen molar-refractivity contribution >= 4 is 73.0 Å². The van der Waals surface area contributed by atoms with E-state index in [0.29, 0.717) is 60.7 Å². The SMILES string of the molecule is C.Cc1cc(N(C)C(N)=O)cc(C)c1/C=C/S(=O)(=O)N1CCC2(CC1)N=C(C1CCC(C(F)(F)F)CC1)NC2=O.Cc1cc(N(C)C(N)=O)cc(C)c1CCS(=O)(=O)N1CCC2(CC1)N=C(C1CCC(C(F)(F)F)CC1)NC2=O. The first-order valence-electron chi connectivity index (χ1n) is 26.2. The summed E-state index contributed by atoms with van der Waals surface area (Å²) >= 11 is 0. The average molecular weight is 1160 g/mol. The normalized spacial score (nSPS) is 23.7. The molecule has 0 bridgehead atoms. The molecule has 2 aromatic carbocycles. The highest BCUT2D eigenvalue weighted by atomic mass is 32.2. The third-order valence-electron chi connectivity index (χ3n) is 16.7. The molecule has 2 aliphatic carbocycles. The average Bonchev–Trinajstić information content (AvgIpc) is 3.87. The highest BCUT2D eigenvalue weighted by molar-refractivity contribution is 7.92. The number of piperidine rings is 2. The predicted octanol–water partition coefficient (Wildman–Crippen LogP) is 7.91. The molecule has 0 unspecified atom stereocenters. The van der Waals surface area contributed by atoms with Crippen molar-refractivity contribution in [2.24, 2.45) is 45.1 Å². The van der Waals surface area contributed by atoms with Crippen molar-refractivity contribution in [2.45, 2.75) is 142 Å². The van der Waals surface area contributed by atoms with Gasteiger partial charge in [-0.15, -0.1) is 0 Å². The number of amidine groups is 2. The number of hydrogen-bond acceptors (Lipinski definition) is 10. The third-order valence-corrected chi connectivity index (χ3v) is 20.2. The van der Waals surface area contributed by atoms with E-state index in [2.05, 4.69) is 20.6 Å². The van der Waals surface area contributed by atoms with Gasteiger partial charge in [0.15, 0.2) is 0 Å². The van der Waals surface area contributed by atoms with Gasteiger partial charge in [0.2, 0.25) is 20.0 Å². The zero-order valence-electron chi connectivity index (χ0n) is 44.7. The third kappa shape index (κ3) is 13.9. The summed E-state index contributed by atoms with van der Waals surface area (Å²) in [6.07, 6.45) is -4.43. The van der Waals surface area contributed by atoms with Crippen LogP contribution in [0.1, 0.15) is 118 Å². The van der Waals surface area contributed by atoms with E-state index in [4.69, 9.17) is 11.5 Å². The fraction of sp³-hybridized carbons (Fsp3) is 0.623. The molecule has 6 aliphatic rings. The second-order valence-electron chi connectivity index (χ2n) is 21.7. The smallest absolute Gasteiger partial charge is 0.351 e.